The van der Waals surface area contributed by atoms with Gasteiger partial charge in [-0.3, -0.25) is 4.79 Å². The maximum absolute atomic E-state index is 10.4. The molecule has 0 radical (unpaired) electrons. The summed E-state index contributed by atoms with van der Waals surface area (Å²) in [6.45, 7) is 10.6. The van der Waals surface area contributed by atoms with Crippen LogP contribution in [0.2, 0.25) is 0 Å². The fourth-order valence-electron chi connectivity index (χ4n) is 0.491. The maximum atomic E-state index is 10.4. The number of epoxide rings is 1. The number of hydrogen-bond donors (Lipinski definition) is 0. The van der Waals surface area contributed by atoms with Gasteiger partial charge in [0.1, 0.15) is 0 Å². The number of carbonyl (C=O) groups is 1. The highest BCUT2D eigenvalue weighted by Crippen LogP contribution is 2.23. The van der Waals surface area contributed by atoms with E-state index in [2.05, 4.69) is 13.8 Å². The third-order valence-electron chi connectivity index (χ3n) is 1.38. The first-order chi connectivity index (χ1) is 5.87. The first kappa shape index (κ1) is 12.4. The molecule has 0 unspecified atom stereocenters. The molecule has 1 heterocycles. The van der Waals surface area contributed by atoms with Gasteiger partial charge < -0.3 is 9.47 Å². The number of carbonyl (C=O) groups excluding carboxylic acids is 1. The zero-order valence-electron chi connectivity index (χ0n) is 9.22. The molecule has 3 nitrogen and oxygen atoms in total. The quantitative estimate of drug-likeness (QED) is 0.492. The van der Waals surface area contributed by atoms with Crippen molar-refractivity contribution in [2.75, 3.05) is 6.61 Å². The van der Waals surface area contributed by atoms with Crippen LogP contribution in [0.5, 0.6) is 0 Å². The van der Waals surface area contributed by atoms with Gasteiger partial charge in [0.15, 0.2) is 0 Å². The summed E-state index contributed by atoms with van der Waals surface area (Å²) in [5, 5.41) is 0. The van der Waals surface area contributed by atoms with Crippen LogP contribution in [-0.4, -0.2) is 24.3 Å². The molecule has 0 atom stereocenters. The van der Waals surface area contributed by atoms with Gasteiger partial charge in [-0.2, -0.15) is 0 Å². The number of esters is 1. The van der Waals surface area contributed by atoms with Crippen molar-refractivity contribution < 1.29 is 14.3 Å². The lowest BCUT2D eigenvalue weighted by Gasteiger charge is -2.04. The smallest absolute Gasteiger partial charge is 0.305 e. The van der Waals surface area contributed by atoms with Gasteiger partial charge in [0.05, 0.1) is 18.3 Å². The molecule has 3 heteroatoms. The molecular weight excluding hydrogens is 168 g/mol. The lowest BCUT2D eigenvalue weighted by molar-refractivity contribution is -0.146. The monoisotopic (exact) mass is 188 g/mol. The minimum absolute atomic E-state index is 0.0300. The Hall–Kier alpha value is -0.570. The van der Waals surface area contributed by atoms with Crippen LogP contribution < -0.4 is 0 Å². The van der Waals surface area contributed by atoms with Crippen molar-refractivity contribution in [2.45, 2.75) is 52.7 Å². The minimum atomic E-state index is -0.125. The van der Waals surface area contributed by atoms with Crippen LogP contribution in [0.25, 0.3) is 0 Å². The predicted molar refractivity (Wildman–Crippen MR) is 51.6 cm³/mol. The molecule has 1 rings (SSSR count). The molecule has 0 aromatic rings. The lowest BCUT2D eigenvalue weighted by Crippen LogP contribution is -2.09. The zero-order chi connectivity index (χ0) is 10.5. The summed E-state index contributed by atoms with van der Waals surface area (Å²) in [5.74, 6) is -0.125. The van der Waals surface area contributed by atoms with E-state index in [1.54, 1.807) is 6.92 Å². The average molecular weight is 188 g/mol. The van der Waals surface area contributed by atoms with E-state index in [1.165, 1.54) is 0 Å². The molecule has 13 heavy (non-hydrogen) atoms. The van der Waals surface area contributed by atoms with Crippen LogP contribution in [-0.2, 0) is 14.3 Å². The summed E-state index contributed by atoms with van der Waals surface area (Å²) in [6, 6.07) is 0. The maximum Gasteiger partial charge on any atom is 0.305 e. The van der Waals surface area contributed by atoms with E-state index in [0.717, 1.165) is 6.61 Å². The SMILES string of the molecule is CC1(C)CO1.CCC(=O)OC(C)C. The summed E-state index contributed by atoms with van der Waals surface area (Å²) >= 11 is 0. The molecule has 0 aromatic carbocycles. The van der Waals surface area contributed by atoms with Crippen LogP contribution >= 0.6 is 0 Å². The van der Waals surface area contributed by atoms with Gasteiger partial charge in [0, 0.05) is 6.42 Å². The van der Waals surface area contributed by atoms with Crippen molar-refractivity contribution in [3.8, 4) is 0 Å². The molecule has 0 saturated carbocycles. The fourth-order valence-corrected chi connectivity index (χ4v) is 0.491. The van der Waals surface area contributed by atoms with Crippen molar-refractivity contribution in [2.24, 2.45) is 0 Å². The fraction of sp³-hybridized carbons (Fsp3) is 0.900. The second-order valence-electron chi connectivity index (χ2n) is 3.94. The molecule has 78 valence electrons. The summed E-state index contributed by atoms with van der Waals surface area (Å²) in [6.07, 6.45) is 0.500. The number of rotatable bonds is 2. The highest BCUT2D eigenvalue weighted by Gasteiger charge is 2.32. The van der Waals surface area contributed by atoms with Crippen molar-refractivity contribution >= 4 is 5.97 Å². The van der Waals surface area contributed by atoms with Crippen molar-refractivity contribution in [1.82, 2.24) is 0 Å². The van der Waals surface area contributed by atoms with E-state index in [9.17, 15) is 4.79 Å². The van der Waals surface area contributed by atoms with Gasteiger partial charge in [-0.25, -0.2) is 0 Å². The standard InChI is InChI=1S/C6H12O2.C4H8O/c1-4-6(7)8-5(2)3;1-4(2)3-5-4/h5H,4H2,1-3H3;3H2,1-2H3. The van der Waals surface area contributed by atoms with Gasteiger partial charge in [-0.1, -0.05) is 6.92 Å². The normalized spacial score (nSPS) is 17.4. The Bertz CT molecular complexity index is 156. The second-order valence-corrected chi connectivity index (χ2v) is 3.94. The average Bonchev–Trinajstić information content (AvgIpc) is 2.66. The highest BCUT2D eigenvalue weighted by atomic mass is 16.6. The molecule has 1 saturated heterocycles. The van der Waals surface area contributed by atoms with E-state index in [4.69, 9.17) is 9.47 Å². The summed E-state index contributed by atoms with van der Waals surface area (Å²) in [5.41, 5.74) is 0.250. The van der Waals surface area contributed by atoms with E-state index >= 15 is 0 Å². The van der Waals surface area contributed by atoms with Crippen LogP contribution in [0.15, 0.2) is 0 Å². The Morgan fingerprint density at radius 3 is 2.00 bits per heavy atom. The van der Waals surface area contributed by atoms with E-state index < -0.39 is 0 Å². The summed E-state index contributed by atoms with van der Waals surface area (Å²) in [4.78, 5) is 10.4. The number of ether oxygens (including phenoxy) is 2. The Morgan fingerprint density at radius 1 is 1.54 bits per heavy atom. The first-order valence-electron chi connectivity index (χ1n) is 4.71. The zero-order valence-corrected chi connectivity index (χ0v) is 9.22. The predicted octanol–water partition coefficient (Wildman–Crippen LogP) is 2.14. The molecule has 0 aliphatic carbocycles. The van der Waals surface area contributed by atoms with E-state index in [0.29, 0.717) is 6.42 Å². The molecule has 0 bridgehead atoms. The van der Waals surface area contributed by atoms with Crippen LogP contribution in [0.1, 0.15) is 41.0 Å². The van der Waals surface area contributed by atoms with Gasteiger partial charge in [0.2, 0.25) is 0 Å². The minimum Gasteiger partial charge on any atom is -0.463 e. The number of hydrogen-bond acceptors (Lipinski definition) is 3. The summed E-state index contributed by atoms with van der Waals surface area (Å²) in [7, 11) is 0. The molecular formula is C10H20O3. The lowest BCUT2D eigenvalue weighted by atomic mass is 10.3. The van der Waals surface area contributed by atoms with Crippen molar-refractivity contribution in [3.05, 3.63) is 0 Å². The molecule has 1 fully saturated rings. The third-order valence-corrected chi connectivity index (χ3v) is 1.38. The molecule has 0 amide bonds. The Kier molecular flexibility index (Phi) is 4.99. The van der Waals surface area contributed by atoms with Crippen LogP contribution in [0.3, 0.4) is 0 Å². The largest absolute Gasteiger partial charge is 0.463 e. The summed E-state index contributed by atoms with van der Waals surface area (Å²) < 4.78 is 9.66. The molecule has 0 N–H and O–H groups in total. The van der Waals surface area contributed by atoms with Gasteiger partial charge in [0.25, 0.3) is 0 Å². The highest BCUT2D eigenvalue weighted by molar-refractivity contribution is 5.68. The van der Waals surface area contributed by atoms with Gasteiger partial charge in [-0.15, -0.1) is 0 Å². The van der Waals surface area contributed by atoms with Crippen molar-refractivity contribution in [1.29, 1.82) is 0 Å². The molecule has 1 aliphatic heterocycles. The first-order valence-corrected chi connectivity index (χ1v) is 4.71. The Labute approximate surface area is 80.4 Å². The Balaban J connectivity index is 0.000000243. The van der Waals surface area contributed by atoms with Gasteiger partial charge >= 0.3 is 5.97 Å². The molecule has 0 aromatic heterocycles. The van der Waals surface area contributed by atoms with Crippen LogP contribution in [0, 0.1) is 0 Å². The van der Waals surface area contributed by atoms with Crippen LogP contribution in [0.4, 0.5) is 0 Å². The molecule has 1 aliphatic rings. The van der Waals surface area contributed by atoms with Gasteiger partial charge in [-0.05, 0) is 27.7 Å². The van der Waals surface area contributed by atoms with E-state index in [1.807, 2.05) is 13.8 Å². The van der Waals surface area contributed by atoms with Crippen molar-refractivity contribution in [3.63, 3.8) is 0 Å². The van der Waals surface area contributed by atoms with E-state index in [-0.39, 0.29) is 17.7 Å². The molecule has 0 spiro atoms. The second kappa shape index (κ2) is 5.22. The Morgan fingerprint density at radius 2 is 1.92 bits per heavy atom. The third kappa shape index (κ3) is 9.34. The topological polar surface area (TPSA) is 38.8 Å².